The van der Waals surface area contributed by atoms with E-state index in [0.29, 0.717) is 21.5 Å². The van der Waals surface area contributed by atoms with E-state index in [0.717, 1.165) is 36.2 Å². The van der Waals surface area contributed by atoms with Crippen molar-refractivity contribution < 1.29 is 8.78 Å². The van der Waals surface area contributed by atoms with Crippen molar-refractivity contribution >= 4 is 40.5 Å². The molecule has 0 aromatic heterocycles. The van der Waals surface area contributed by atoms with Crippen LogP contribution in [0, 0.1) is 17.6 Å². The summed E-state index contributed by atoms with van der Waals surface area (Å²) >= 11 is 18.7. The Kier molecular flexibility index (Phi) is 6.52. The van der Waals surface area contributed by atoms with Gasteiger partial charge in [-0.2, -0.15) is 0 Å². The molecule has 1 fully saturated rings. The van der Waals surface area contributed by atoms with Crippen molar-refractivity contribution in [1.82, 2.24) is 0 Å². The molecule has 4 rings (SSSR count). The van der Waals surface area contributed by atoms with Crippen LogP contribution < -0.4 is 4.90 Å². The summed E-state index contributed by atoms with van der Waals surface area (Å²) in [6.07, 6.45) is 2.55. The largest absolute Gasteiger partial charge is 0.363 e. The fourth-order valence-corrected chi connectivity index (χ4v) is 4.87. The molecule has 0 bridgehead atoms. The topological polar surface area (TPSA) is 3.24 Å². The Morgan fingerprint density at radius 1 is 0.800 bits per heavy atom. The van der Waals surface area contributed by atoms with E-state index in [2.05, 4.69) is 4.90 Å². The van der Waals surface area contributed by atoms with Crippen molar-refractivity contribution in [3.8, 4) is 0 Å². The van der Waals surface area contributed by atoms with Crippen molar-refractivity contribution in [3.63, 3.8) is 0 Å². The molecule has 0 aliphatic carbocycles. The molecular weight excluding hydrogens is 447 g/mol. The standard InChI is InChI=1S/C24H20Cl3F2N/c25-18-5-3-17(4-6-18)23-9-2-16(11-15-1-8-21(28)22(29)12-15)14-30(23)24-10-7-19(26)13-20(24)27/h1,3-8,10,12-13,16,23H,2,9,11,14H2/t16-,23-/m0/s1. The Morgan fingerprint density at radius 2 is 1.53 bits per heavy atom. The highest BCUT2D eigenvalue weighted by Crippen LogP contribution is 2.41. The van der Waals surface area contributed by atoms with E-state index in [9.17, 15) is 8.78 Å². The lowest BCUT2D eigenvalue weighted by atomic mass is 9.85. The second kappa shape index (κ2) is 9.13. The van der Waals surface area contributed by atoms with Crippen LogP contribution in [0.3, 0.4) is 0 Å². The number of hydrogen-bond donors (Lipinski definition) is 0. The van der Waals surface area contributed by atoms with Gasteiger partial charge in [0, 0.05) is 16.6 Å². The van der Waals surface area contributed by atoms with Crippen LogP contribution in [0.15, 0.2) is 60.7 Å². The summed E-state index contributed by atoms with van der Waals surface area (Å²) in [4.78, 5) is 2.29. The Balaban J connectivity index is 1.63. The number of anilines is 1. The maximum absolute atomic E-state index is 13.7. The van der Waals surface area contributed by atoms with Gasteiger partial charge in [0.1, 0.15) is 0 Å². The molecule has 6 heteroatoms. The lowest BCUT2D eigenvalue weighted by molar-refractivity contribution is 0.357. The van der Waals surface area contributed by atoms with E-state index in [-0.39, 0.29) is 12.0 Å². The SMILES string of the molecule is Fc1ccc(C[C@@H]2CC[C@@H](c3ccc(Cl)cc3)N(c3ccc(Cl)cc3Cl)C2)cc1F. The van der Waals surface area contributed by atoms with Crippen LogP contribution >= 0.6 is 34.8 Å². The van der Waals surface area contributed by atoms with Gasteiger partial charge in [-0.05, 0) is 78.8 Å². The van der Waals surface area contributed by atoms with Gasteiger partial charge in [-0.3, -0.25) is 0 Å². The summed E-state index contributed by atoms with van der Waals surface area (Å²) in [5.41, 5.74) is 2.87. The second-order valence-corrected chi connectivity index (χ2v) is 8.99. The Labute approximate surface area is 190 Å². The normalized spacial score (nSPS) is 19.2. The van der Waals surface area contributed by atoms with E-state index in [4.69, 9.17) is 34.8 Å². The molecule has 2 atom stereocenters. The molecule has 0 unspecified atom stereocenters. The van der Waals surface area contributed by atoms with Gasteiger partial charge in [-0.25, -0.2) is 8.78 Å². The van der Waals surface area contributed by atoms with Gasteiger partial charge in [-0.15, -0.1) is 0 Å². The van der Waals surface area contributed by atoms with Crippen molar-refractivity contribution in [1.29, 1.82) is 0 Å². The zero-order chi connectivity index (χ0) is 21.3. The van der Waals surface area contributed by atoms with Gasteiger partial charge in [0.15, 0.2) is 11.6 Å². The average Bonchev–Trinajstić information content (AvgIpc) is 2.72. The van der Waals surface area contributed by atoms with Gasteiger partial charge in [0.25, 0.3) is 0 Å². The van der Waals surface area contributed by atoms with Crippen molar-refractivity contribution in [2.75, 3.05) is 11.4 Å². The minimum absolute atomic E-state index is 0.141. The predicted molar refractivity (Wildman–Crippen MR) is 121 cm³/mol. The Hall–Kier alpha value is -1.81. The first kappa shape index (κ1) is 21.4. The van der Waals surface area contributed by atoms with Crippen LogP contribution in [0.1, 0.15) is 30.0 Å². The monoisotopic (exact) mass is 465 g/mol. The summed E-state index contributed by atoms with van der Waals surface area (Å²) in [7, 11) is 0. The van der Waals surface area contributed by atoms with Crippen molar-refractivity contribution in [2.24, 2.45) is 5.92 Å². The molecule has 0 spiro atoms. The molecule has 0 radical (unpaired) electrons. The lowest BCUT2D eigenvalue weighted by Crippen LogP contribution is -2.39. The summed E-state index contributed by atoms with van der Waals surface area (Å²) in [5, 5.41) is 1.87. The molecule has 1 saturated heterocycles. The van der Waals surface area contributed by atoms with Crippen LogP contribution in [-0.4, -0.2) is 6.54 Å². The Bertz CT molecular complexity index is 1040. The van der Waals surface area contributed by atoms with Crippen molar-refractivity contribution in [3.05, 3.63) is 98.5 Å². The molecule has 0 N–H and O–H groups in total. The summed E-state index contributed by atoms with van der Waals surface area (Å²) < 4.78 is 26.9. The van der Waals surface area contributed by atoms with E-state index in [1.165, 1.54) is 12.1 Å². The zero-order valence-corrected chi connectivity index (χ0v) is 18.4. The molecule has 3 aromatic carbocycles. The number of hydrogen-bond acceptors (Lipinski definition) is 1. The molecule has 30 heavy (non-hydrogen) atoms. The minimum Gasteiger partial charge on any atom is -0.363 e. The number of benzene rings is 3. The lowest BCUT2D eigenvalue weighted by Gasteiger charge is -2.42. The molecule has 156 valence electrons. The zero-order valence-electron chi connectivity index (χ0n) is 16.1. The average molecular weight is 467 g/mol. The Morgan fingerprint density at radius 3 is 2.23 bits per heavy atom. The predicted octanol–water partition coefficient (Wildman–Crippen LogP) is 8.13. The molecule has 3 aromatic rings. The van der Waals surface area contributed by atoms with Crippen LogP contribution in [0.2, 0.25) is 15.1 Å². The highest BCUT2D eigenvalue weighted by Gasteiger charge is 2.31. The summed E-state index contributed by atoms with van der Waals surface area (Å²) in [6, 6.07) is 17.7. The molecule has 1 heterocycles. The van der Waals surface area contributed by atoms with Crippen LogP contribution in [0.5, 0.6) is 0 Å². The number of piperidine rings is 1. The minimum atomic E-state index is -0.820. The van der Waals surface area contributed by atoms with Crippen LogP contribution in [-0.2, 0) is 6.42 Å². The third-order valence-corrected chi connectivity index (χ3v) is 6.45. The molecule has 1 aliphatic heterocycles. The van der Waals surface area contributed by atoms with Gasteiger partial charge in [0.05, 0.1) is 16.8 Å². The molecular formula is C24H20Cl3F2N. The summed E-state index contributed by atoms with van der Waals surface area (Å²) in [5.74, 6) is -1.34. The summed E-state index contributed by atoms with van der Waals surface area (Å²) in [6.45, 7) is 0.744. The van der Waals surface area contributed by atoms with E-state index in [1.54, 1.807) is 12.1 Å². The van der Waals surface area contributed by atoms with Crippen LogP contribution in [0.25, 0.3) is 0 Å². The smallest absolute Gasteiger partial charge is 0.159 e. The van der Waals surface area contributed by atoms with E-state index >= 15 is 0 Å². The second-order valence-electron chi connectivity index (χ2n) is 7.71. The number of nitrogens with zero attached hydrogens (tertiary/aromatic N) is 1. The van der Waals surface area contributed by atoms with Gasteiger partial charge >= 0.3 is 0 Å². The quantitative estimate of drug-likeness (QED) is 0.375. The van der Waals surface area contributed by atoms with E-state index < -0.39 is 11.6 Å². The van der Waals surface area contributed by atoms with Gasteiger partial charge < -0.3 is 4.90 Å². The first-order chi connectivity index (χ1) is 14.4. The first-order valence-electron chi connectivity index (χ1n) is 9.82. The highest BCUT2D eigenvalue weighted by atomic mass is 35.5. The van der Waals surface area contributed by atoms with Gasteiger partial charge in [0.2, 0.25) is 0 Å². The fraction of sp³-hybridized carbons (Fsp3) is 0.250. The first-order valence-corrected chi connectivity index (χ1v) is 10.9. The van der Waals surface area contributed by atoms with Gasteiger partial charge in [-0.1, -0.05) is 53.0 Å². The molecule has 1 nitrogen and oxygen atoms in total. The molecule has 0 amide bonds. The fourth-order valence-electron chi connectivity index (χ4n) is 4.22. The van der Waals surface area contributed by atoms with Crippen molar-refractivity contribution in [2.45, 2.75) is 25.3 Å². The number of rotatable bonds is 4. The van der Waals surface area contributed by atoms with Crippen LogP contribution in [0.4, 0.5) is 14.5 Å². The third-order valence-electron chi connectivity index (χ3n) is 5.66. The maximum atomic E-state index is 13.7. The third kappa shape index (κ3) is 4.74. The maximum Gasteiger partial charge on any atom is 0.159 e. The molecule has 0 saturated carbocycles. The molecule has 1 aliphatic rings. The number of halogens is 5. The highest BCUT2D eigenvalue weighted by molar-refractivity contribution is 6.36. The van der Waals surface area contributed by atoms with E-state index in [1.807, 2.05) is 36.4 Å².